The number of hydrogen-bond acceptors (Lipinski definition) is 9. The zero-order chi connectivity index (χ0) is 33.5. The SMILES string of the molecule is COc1nc(-c2cccc(-c3cccc(-c4ccn5c(=O)c(C=O)cnc5c4)c3Cl)c2Cl)cnc1N1CC(NC(=O)OC(C)(C)C)C1. The van der Waals surface area contributed by atoms with Crippen molar-refractivity contribution in [2.24, 2.45) is 0 Å². The number of nitrogens with zero attached hydrogens (tertiary/aromatic N) is 5. The molecular weight excluding hydrogens is 643 g/mol. The van der Waals surface area contributed by atoms with Crippen LogP contribution in [0.1, 0.15) is 31.1 Å². The predicted octanol–water partition coefficient (Wildman–Crippen LogP) is 6.33. The summed E-state index contributed by atoms with van der Waals surface area (Å²) in [5.41, 5.74) is 3.29. The molecule has 1 aliphatic heterocycles. The van der Waals surface area contributed by atoms with Gasteiger partial charge in [0.1, 0.15) is 11.2 Å². The summed E-state index contributed by atoms with van der Waals surface area (Å²) in [5.74, 6) is 0.875. The molecule has 1 saturated heterocycles. The number of rotatable bonds is 7. The lowest BCUT2D eigenvalue weighted by Gasteiger charge is -2.40. The van der Waals surface area contributed by atoms with Gasteiger partial charge in [0, 0.05) is 47.7 Å². The summed E-state index contributed by atoms with van der Waals surface area (Å²) in [6.07, 6.45) is 4.48. The third-order valence-electron chi connectivity index (χ3n) is 7.56. The van der Waals surface area contributed by atoms with Crippen LogP contribution >= 0.6 is 23.2 Å². The van der Waals surface area contributed by atoms with Crippen LogP contribution in [0.5, 0.6) is 5.88 Å². The number of pyridine rings is 1. The third-order valence-corrected chi connectivity index (χ3v) is 8.37. The summed E-state index contributed by atoms with van der Waals surface area (Å²) < 4.78 is 12.3. The van der Waals surface area contributed by atoms with Crippen LogP contribution in [0.25, 0.3) is 39.2 Å². The lowest BCUT2D eigenvalue weighted by Crippen LogP contribution is -2.60. The minimum Gasteiger partial charge on any atom is -0.478 e. The van der Waals surface area contributed by atoms with Crippen molar-refractivity contribution in [3.63, 3.8) is 0 Å². The highest BCUT2D eigenvalue weighted by atomic mass is 35.5. The number of alkyl carbamates (subject to hydrolysis) is 1. The minimum absolute atomic E-state index is 0.0245. The molecular formula is C34H30Cl2N6O5. The average molecular weight is 674 g/mol. The minimum atomic E-state index is -0.577. The van der Waals surface area contributed by atoms with Crippen LogP contribution in [0.15, 0.2) is 71.9 Å². The molecule has 0 spiro atoms. The standard InChI is InChI=1S/C34H30Cl2N6O5/c1-34(2,3)47-33(45)39-21-16-41(17-21)30-31(46-4)40-26(15-38-30)25-10-6-9-24(29(25)36)23-8-5-7-22(28(23)35)19-11-12-42-27(13-19)37-14-20(18-43)32(42)44/h5-15,18,21H,16-17H2,1-4H3,(H,39,45). The fraction of sp³-hybridized carbons (Fsp3) is 0.235. The van der Waals surface area contributed by atoms with Crippen molar-refractivity contribution in [2.75, 3.05) is 25.1 Å². The molecule has 1 fully saturated rings. The predicted molar refractivity (Wildman–Crippen MR) is 181 cm³/mol. The molecule has 1 N–H and O–H groups in total. The zero-order valence-corrected chi connectivity index (χ0v) is 27.5. The van der Waals surface area contributed by atoms with Gasteiger partial charge in [-0.2, -0.15) is 0 Å². The molecule has 0 bridgehead atoms. The number of hydrogen-bond donors (Lipinski definition) is 1. The number of anilines is 1. The smallest absolute Gasteiger partial charge is 0.407 e. The van der Waals surface area contributed by atoms with E-state index in [0.29, 0.717) is 74.7 Å². The van der Waals surface area contributed by atoms with Crippen LogP contribution in [0, 0.1) is 0 Å². The first-order valence-corrected chi connectivity index (χ1v) is 15.4. The molecule has 0 radical (unpaired) electrons. The topological polar surface area (TPSA) is 128 Å². The van der Waals surface area contributed by atoms with Crippen LogP contribution in [-0.4, -0.2) is 63.6 Å². The van der Waals surface area contributed by atoms with Gasteiger partial charge in [-0.25, -0.2) is 19.7 Å². The van der Waals surface area contributed by atoms with Crippen LogP contribution in [-0.2, 0) is 4.74 Å². The second-order valence-corrected chi connectivity index (χ2v) is 12.7. The zero-order valence-electron chi connectivity index (χ0n) is 26.0. The molecule has 1 amide bonds. The van der Waals surface area contributed by atoms with E-state index >= 15 is 0 Å². The van der Waals surface area contributed by atoms with E-state index in [4.69, 9.17) is 37.7 Å². The molecule has 0 unspecified atom stereocenters. The maximum absolute atomic E-state index is 12.5. The number of fused-ring (bicyclic) bond motifs is 1. The summed E-state index contributed by atoms with van der Waals surface area (Å²) in [5, 5.41) is 3.74. The summed E-state index contributed by atoms with van der Waals surface area (Å²) in [4.78, 5) is 51.4. The Kier molecular flexibility index (Phi) is 8.61. The molecule has 4 heterocycles. The van der Waals surface area contributed by atoms with Gasteiger partial charge in [0.05, 0.1) is 40.7 Å². The normalized spacial score (nSPS) is 13.3. The van der Waals surface area contributed by atoms with Gasteiger partial charge >= 0.3 is 6.09 Å². The number of amides is 1. The third kappa shape index (κ3) is 6.36. The number of carbonyl (C=O) groups is 2. The molecule has 3 aromatic heterocycles. The molecule has 47 heavy (non-hydrogen) atoms. The average Bonchev–Trinajstić information content (AvgIpc) is 3.02. The van der Waals surface area contributed by atoms with Gasteiger partial charge in [-0.3, -0.25) is 14.0 Å². The van der Waals surface area contributed by atoms with Crippen molar-refractivity contribution in [2.45, 2.75) is 32.4 Å². The second-order valence-electron chi connectivity index (χ2n) is 12.0. The van der Waals surface area contributed by atoms with E-state index in [1.54, 1.807) is 24.5 Å². The quantitative estimate of drug-likeness (QED) is 0.197. The van der Waals surface area contributed by atoms with Crippen molar-refractivity contribution < 1.29 is 19.1 Å². The number of halogens is 2. The Morgan fingerprint density at radius 3 is 2.30 bits per heavy atom. The van der Waals surface area contributed by atoms with Crippen LogP contribution < -0.4 is 20.5 Å². The number of ether oxygens (including phenoxy) is 2. The van der Waals surface area contributed by atoms with E-state index in [0.717, 1.165) is 5.56 Å². The highest BCUT2D eigenvalue weighted by Crippen LogP contribution is 2.42. The van der Waals surface area contributed by atoms with Gasteiger partial charge in [-0.15, -0.1) is 0 Å². The van der Waals surface area contributed by atoms with E-state index in [9.17, 15) is 14.4 Å². The Morgan fingerprint density at radius 1 is 0.979 bits per heavy atom. The summed E-state index contributed by atoms with van der Waals surface area (Å²) >= 11 is 14.0. The van der Waals surface area contributed by atoms with Crippen molar-refractivity contribution in [1.82, 2.24) is 24.7 Å². The number of aldehydes is 1. The largest absolute Gasteiger partial charge is 0.478 e. The van der Waals surface area contributed by atoms with Gasteiger partial charge in [0.25, 0.3) is 11.4 Å². The number of aromatic nitrogens is 4. The van der Waals surface area contributed by atoms with Gasteiger partial charge in [0.15, 0.2) is 12.1 Å². The molecule has 240 valence electrons. The molecule has 0 atom stereocenters. The maximum atomic E-state index is 12.5. The van der Waals surface area contributed by atoms with Gasteiger partial charge < -0.3 is 19.7 Å². The second kappa shape index (κ2) is 12.7. The molecule has 0 aliphatic carbocycles. The highest BCUT2D eigenvalue weighted by molar-refractivity contribution is 6.39. The molecule has 2 aromatic carbocycles. The monoisotopic (exact) mass is 672 g/mol. The van der Waals surface area contributed by atoms with Crippen molar-refractivity contribution in [3.8, 4) is 39.4 Å². The molecule has 13 heteroatoms. The van der Waals surface area contributed by atoms with Crippen molar-refractivity contribution in [1.29, 1.82) is 0 Å². The highest BCUT2D eigenvalue weighted by Gasteiger charge is 2.33. The number of methoxy groups -OCH3 is 1. The summed E-state index contributed by atoms with van der Waals surface area (Å²) in [7, 11) is 1.52. The number of carbonyl (C=O) groups excluding carboxylic acids is 2. The van der Waals surface area contributed by atoms with E-state index in [-0.39, 0.29) is 11.6 Å². The first-order chi connectivity index (χ1) is 22.5. The van der Waals surface area contributed by atoms with Crippen LogP contribution in [0.4, 0.5) is 10.6 Å². The van der Waals surface area contributed by atoms with E-state index in [2.05, 4.69) is 15.3 Å². The molecule has 1 aliphatic rings. The maximum Gasteiger partial charge on any atom is 0.407 e. The van der Waals surface area contributed by atoms with E-state index < -0.39 is 17.3 Å². The van der Waals surface area contributed by atoms with Crippen molar-refractivity contribution >= 4 is 47.0 Å². The van der Waals surface area contributed by atoms with Gasteiger partial charge in [0.2, 0.25) is 0 Å². The fourth-order valence-corrected chi connectivity index (χ4v) is 5.97. The van der Waals surface area contributed by atoms with Gasteiger partial charge in [-0.1, -0.05) is 59.6 Å². The molecule has 6 rings (SSSR count). The lowest BCUT2D eigenvalue weighted by molar-refractivity contribution is 0.0495. The Balaban J connectivity index is 1.27. The first kappa shape index (κ1) is 32.0. The first-order valence-electron chi connectivity index (χ1n) is 14.7. The lowest BCUT2D eigenvalue weighted by atomic mass is 9.97. The molecule has 11 nitrogen and oxygen atoms in total. The Labute approximate surface area is 280 Å². The van der Waals surface area contributed by atoms with Gasteiger partial charge in [-0.05, 0) is 38.5 Å². The Bertz CT molecular complexity index is 2090. The van der Waals surface area contributed by atoms with E-state index in [1.165, 1.54) is 17.7 Å². The summed E-state index contributed by atoms with van der Waals surface area (Å²) in [6, 6.07) is 14.6. The summed E-state index contributed by atoms with van der Waals surface area (Å²) in [6.45, 7) is 6.50. The number of benzene rings is 2. The Morgan fingerprint density at radius 2 is 1.64 bits per heavy atom. The van der Waals surface area contributed by atoms with Crippen LogP contribution in [0.2, 0.25) is 10.0 Å². The van der Waals surface area contributed by atoms with E-state index in [1.807, 2.05) is 62.1 Å². The molecule has 0 saturated carbocycles. The Hall–Kier alpha value is -5.00. The fourth-order valence-electron chi connectivity index (χ4n) is 5.30. The van der Waals surface area contributed by atoms with Crippen LogP contribution in [0.3, 0.4) is 0 Å². The van der Waals surface area contributed by atoms with Crippen molar-refractivity contribution in [3.05, 3.63) is 93.1 Å². The number of nitrogens with one attached hydrogen (secondary N) is 1. The molecule has 5 aromatic rings.